The molecule has 0 spiro atoms. The molecule has 0 aromatic rings. The van der Waals surface area contributed by atoms with Crippen molar-refractivity contribution in [2.24, 2.45) is 5.18 Å². The first-order valence-electron chi connectivity index (χ1n) is 1.88. The van der Waals surface area contributed by atoms with Crippen LogP contribution in [0.3, 0.4) is 0 Å². The number of hydrogen-bond acceptors (Lipinski definition) is 4. The molecule has 0 saturated carbocycles. The summed E-state index contributed by atoms with van der Waals surface area (Å²) in [6.45, 7) is -0.737. The minimum Gasteiger partial charge on any atom is -0.479 e. The number of aliphatic hydroxyl groups is 1. The number of nitroso groups, excluding NO2 is 1. The Kier molecular flexibility index (Phi) is 2.71. The predicted octanol–water partition coefficient (Wildman–Crippen LogP) is -0.802. The van der Waals surface area contributed by atoms with E-state index >= 15 is 0 Å². The minimum atomic E-state index is -1.50. The Balaban J connectivity index is 3.69. The second kappa shape index (κ2) is 3.09. The van der Waals surface area contributed by atoms with E-state index in [0.29, 0.717) is 0 Å². The van der Waals surface area contributed by atoms with Crippen LogP contribution in [-0.4, -0.2) is 28.8 Å². The molecule has 0 heterocycles. The fourth-order valence-corrected chi connectivity index (χ4v) is 0.157. The first kappa shape index (κ1) is 7.03. The van der Waals surface area contributed by atoms with Crippen LogP contribution in [0.15, 0.2) is 5.18 Å². The molecule has 0 radical (unpaired) electrons. The molecule has 2 N–H and O–H groups in total. The molecule has 0 unspecified atom stereocenters. The maximum atomic E-state index is 9.71. The summed E-state index contributed by atoms with van der Waals surface area (Å²) >= 11 is 0. The first-order chi connectivity index (χ1) is 3.72. The smallest absolute Gasteiger partial charge is 0.334 e. The normalized spacial score (nSPS) is 12.6. The molecule has 5 heteroatoms. The van der Waals surface area contributed by atoms with Gasteiger partial charge in [0.2, 0.25) is 6.04 Å². The van der Waals surface area contributed by atoms with Gasteiger partial charge in [0.15, 0.2) is 0 Å². The molecule has 0 aromatic carbocycles. The van der Waals surface area contributed by atoms with E-state index < -0.39 is 18.6 Å². The lowest BCUT2D eigenvalue weighted by atomic mass is 10.3. The van der Waals surface area contributed by atoms with Crippen LogP contribution >= 0.6 is 0 Å². The van der Waals surface area contributed by atoms with Crippen molar-refractivity contribution in [3.63, 3.8) is 0 Å². The quantitative estimate of drug-likeness (QED) is 0.476. The lowest BCUT2D eigenvalue weighted by molar-refractivity contribution is -0.139. The average Bonchev–Trinajstić information content (AvgIpc) is 1.69. The number of carboxylic acids is 1. The van der Waals surface area contributed by atoms with E-state index in [-0.39, 0.29) is 0 Å². The van der Waals surface area contributed by atoms with Gasteiger partial charge in [-0.05, 0) is 0 Å². The van der Waals surface area contributed by atoms with E-state index in [1.807, 2.05) is 0 Å². The van der Waals surface area contributed by atoms with E-state index in [1.165, 1.54) is 0 Å². The highest BCUT2D eigenvalue weighted by Gasteiger charge is 2.14. The van der Waals surface area contributed by atoms with E-state index in [1.54, 1.807) is 0 Å². The molecule has 0 aliphatic heterocycles. The standard InChI is InChI=1S/C3H5NO4/c5-1-2(4-8)3(6)7/h2,5H,1H2,(H,6,7)/t2-/m0/s1. The van der Waals surface area contributed by atoms with Gasteiger partial charge in [0, 0.05) is 0 Å². The van der Waals surface area contributed by atoms with Gasteiger partial charge in [0.25, 0.3) is 0 Å². The summed E-state index contributed by atoms with van der Waals surface area (Å²) in [5, 5.41) is 18.0. The molecule has 0 aliphatic rings. The average molecular weight is 119 g/mol. The fourth-order valence-electron chi connectivity index (χ4n) is 0.157. The van der Waals surface area contributed by atoms with E-state index in [9.17, 15) is 9.70 Å². The van der Waals surface area contributed by atoms with Crippen molar-refractivity contribution >= 4 is 5.97 Å². The molecule has 46 valence electrons. The van der Waals surface area contributed by atoms with Crippen molar-refractivity contribution in [1.82, 2.24) is 0 Å². The Bertz CT molecular complexity index is 101. The Morgan fingerprint density at radius 1 is 1.75 bits per heavy atom. The molecule has 0 aromatic heterocycles. The second-order valence-corrected chi connectivity index (χ2v) is 1.14. The summed E-state index contributed by atoms with van der Waals surface area (Å²) < 4.78 is 0. The van der Waals surface area contributed by atoms with Gasteiger partial charge in [-0.1, -0.05) is 5.18 Å². The van der Waals surface area contributed by atoms with Crippen LogP contribution in [-0.2, 0) is 4.79 Å². The Morgan fingerprint density at radius 2 is 2.25 bits per heavy atom. The molecule has 0 fully saturated rings. The highest BCUT2D eigenvalue weighted by Crippen LogP contribution is 1.85. The number of carbonyl (C=O) groups is 1. The summed E-state index contributed by atoms with van der Waals surface area (Å²) in [5.41, 5.74) is 0. The maximum absolute atomic E-state index is 9.71. The number of aliphatic carboxylic acids is 1. The lowest BCUT2D eigenvalue weighted by Gasteiger charge is -1.93. The van der Waals surface area contributed by atoms with Gasteiger partial charge in [0.05, 0.1) is 6.61 Å². The van der Waals surface area contributed by atoms with Crippen molar-refractivity contribution in [3.05, 3.63) is 4.91 Å². The summed E-state index contributed by atoms with van der Waals surface area (Å²) in [4.78, 5) is 19.1. The molecule has 1 atom stereocenters. The minimum absolute atomic E-state index is 0.737. The first-order valence-corrected chi connectivity index (χ1v) is 1.88. The molecular weight excluding hydrogens is 114 g/mol. The van der Waals surface area contributed by atoms with Crippen molar-refractivity contribution in [2.45, 2.75) is 6.04 Å². The molecule has 0 aliphatic carbocycles. The predicted molar refractivity (Wildman–Crippen MR) is 24.3 cm³/mol. The molecular formula is C3H5NO4. The van der Waals surface area contributed by atoms with Crippen LogP contribution in [0, 0.1) is 4.91 Å². The highest BCUT2D eigenvalue weighted by atomic mass is 16.4. The van der Waals surface area contributed by atoms with Gasteiger partial charge < -0.3 is 10.2 Å². The van der Waals surface area contributed by atoms with Gasteiger partial charge in [-0.2, -0.15) is 0 Å². The number of hydrogen-bond donors (Lipinski definition) is 2. The lowest BCUT2D eigenvalue weighted by Crippen LogP contribution is -2.20. The van der Waals surface area contributed by atoms with Crippen molar-refractivity contribution < 1.29 is 15.0 Å². The Hall–Kier alpha value is -0.970. The third-order valence-electron chi connectivity index (χ3n) is 0.585. The van der Waals surface area contributed by atoms with Crippen molar-refractivity contribution in [1.29, 1.82) is 0 Å². The van der Waals surface area contributed by atoms with Crippen LogP contribution in [0.2, 0.25) is 0 Å². The molecule has 0 bridgehead atoms. The van der Waals surface area contributed by atoms with E-state index in [0.717, 1.165) is 0 Å². The summed E-state index contributed by atoms with van der Waals surface area (Å²) in [5.74, 6) is -1.40. The van der Waals surface area contributed by atoms with E-state index in [2.05, 4.69) is 5.18 Å². The Morgan fingerprint density at radius 3 is 2.25 bits per heavy atom. The fraction of sp³-hybridized carbons (Fsp3) is 0.667. The van der Waals surface area contributed by atoms with Gasteiger partial charge in [0.1, 0.15) is 0 Å². The zero-order valence-electron chi connectivity index (χ0n) is 3.94. The van der Waals surface area contributed by atoms with Crippen LogP contribution in [0.25, 0.3) is 0 Å². The molecule has 5 nitrogen and oxygen atoms in total. The molecule has 0 saturated heterocycles. The zero-order valence-corrected chi connectivity index (χ0v) is 3.94. The van der Waals surface area contributed by atoms with Crippen LogP contribution in [0.1, 0.15) is 0 Å². The van der Waals surface area contributed by atoms with Crippen LogP contribution < -0.4 is 0 Å². The summed E-state index contributed by atoms with van der Waals surface area (Å²) in [6.07, 6.45) is 0. The van der Waals surface area contributed by atoms with E-state index in [4.69, 9.17) is 10.2 Å². The monoisotopic (exact) mass is 119 g/mol. The summed E-state index contributed by atoms with van der Waals surface area (Å²) in [7, 11) is 0. The topological polar surface area (TPSA) is 87.0 Å². The number of nitrogens with zero attached hydrogens (tertiary/aromatic N) is 1. The van der Waals surface area contributed by atoms with Crippen molar-refractivity contribution in [3.8, 4) is 0 Å². The van der Waals surface area contributed by atoms with Crippen LogP contribution in [0.4, 0.5) is 0 Å². The highest BCUT2D eigenvalue weighted by molar-refractivity contribution is 5.73. The number of rotatable bonds is 3. The molecule has 8 heavy (non-hydrogen) atoms. The van der Waals surface area contributed by atoms with Gasteiger partial charge in [-0.3, -0.25) is 0 Å². The Labute approximate surface area is 44.9 Å². The van der Waals surface area contributed by atoms with Crippen molar-refractivity contribution in [2.75, 3.05) is 6.61 Å². The SMILES string of the molecule is O=N[C@@H](CO)C(=O)O. The third kappa shape index (κ3) is 1.65. The molecule has 0 amide bonds. The maximum Gasteiger partial charge on any atom is 0.334 e. The number of carboxylic acid groups (broad SMARTS) is 1. The second-order valence-electron chi connectivity index (χ2n) is 1.14. The van der Waals surface area contributed by atoms with Gasteiger partial charge in [-0.25, -0.2) is 4.79 Å². The largest absolute Gasteiger partial charge is 0.479 e. The molecule has 0 rings (SSSR count). The zero-order chi connectivity index (χ0) is 6.57. The van der Waals surface area contributed by atoms with Gasteiger partial charge in [-0.15, -0.1) is 4.91 Å². The van der Waals surface area contributed by atoms with Gasteiger partial charge >= 0.3 is 5.97 Å². The number of aliphatic hydroxyl groups excluding tert-OH is 1. The third-order valence-corrected chi connectivity index (χ3v) is 0.585. The van der Waals surface area contributed by atoms with Crippen LogP contribution in [0.5, 0.6) is 0 Å². The summed E-state index contributed by atoms with van der Waals surface area (Å²) in [6, 6.07) is -1.50.